The number of benzene rings is 1. The molecule has 0 aliphatic rings. The van der Waals surface area contributed by atoms with E-state index >= 15 is 0 Å². The van der Waals surface area contributed by atoms with E-state index in [2.05, 4.69) is 53.3 Å². The monoisotopic (exact) mass is 281 g/mol. The van der Waals surface area contributed by atoms with Gasteiger partial charge in [0.05, 0.1) is 6.20 Å². The highest BCUT2D eigenvalue weighted by atomic mass is 15.2. The van der Waals surface area contributed by atoms with E-state index in [0.717, 1.165) is 29.5 Å². The zero-order valence-electron chi connectivity index (χ0n) is 12.5. The highest BCUT2D eigenvalue weighted by Gasteiger charge is 2.13. The van der Waals surface area contributed by atoms with Crippen molar-refractivity contribution in [3.63, 3.8) is 0 Å². The third kappa shape index (κ3) is 2.54. The molecule has 0 aliphatic heterocycles. The molecule has 2 aromatic heterocycles. The molecular formula is C16H19N5. The minimum atomic E-state index is 0.834. The Bertz CT molecular complexity index is 762. The molecule has 21 heavy (non-hydrogen) atoms. The Hall–Kier alpha value is -2.56. The van der Waals surface area contributed by atoms with E-state index in [-0.39, 0.29) is 0 Å². The Morgan fingerprint density at radius 2 is 2.19 bits per heavy atom. The number of fused-ring (bicyclic) bond motifs is 1. The third-order valence-corrected chi connectivity index (χ3v) is 3.42. The van der Waals surface area contributed by atoms with Crippen molar-refractivity contribution >= 4 is 23.0 Å². The lowest BCUT2D eigenvalue weighted by Crippen LogP contribution is -2.14. The van der Waals surface area contributed by atoms with Crippen molar-refractivity contribution in [2.45, 2.75) is 13.8 Å². The van der Waals surface area contributed by atoms with Crippen LogP contribution in [0, 0.1) is 6.92 Å². The van der Waals surface area contributed by atoms with E-state index in [1.54, 1.807) is 6.20 Å². The largest absolute Gasteiger partial charge is 0.369 e. The van der Waals surface area contributed by atoms with Gasteiger partial charge in [-0.05, 0) is 31.5 Å². The molecule has 1 aromatic carbocycles. The summed E-state index contributed by atoms with van der Waals surface area (Å²) < 4.78 is 1.99. The first-order chi connectivity index (χ1) is 10.2. The molecule has 0 bridgehead atoms. The molecule has 0 saturated heterocycles. The zero-order chi connectivity index (χ0) is 14.8. The van der Waals surface area contributed by atoms with Crippen LogP contribution in [0.5, 0.6) is 0 Å². The molecule has 0 saturated carbocycles. The molecule has 5 heteroatoms. The van der Waals surface area contributed by atoms with Crippen molar-refractivity contribution in [2.75, 3.05) is 23.8 Å². The summed E-state index contributed by atoms with van der Waals surface area (Å²) in [5, 5.41) is 3.26. The van der Waals surface area contributed by atoms with Gasteiger partial charge in [-0.3, -0.25) is 0 Å². The van der Waals surface area contributed by atoms with Gasteiger partial charge in [0, 0.05) is 31.7 Å². The number of nitrogens with one attached hydrogen (secondary N) is 1. The number of hydrogen-bond donors (Lipinski definition) is 1. The lowest BCUT2D eigenvalue weighted by molar-refractivity contribution is 1.05. The van der Waals surface area contributed by atoms with Crippen LogP contribution in [0.25, 0.3) is 5.65 Å². The summed E-state index contributed by atoms with van der Waals surface area (Å²) in [5.41, 5.74) is 3.17. The molecule has 1 N–H and O–H groups in total. The molecule has 0 amide bonds. The number of aryl methyl sites for hydroxylation is 1. The highest BCUT2D eigenvalue weighted by Crippen LogP contribution is 2.27. The van der Waals surface area contributed by atoms with Gasteiger partial charge in [-0.1, -0.05) is 12.1 Å². The normalized spacial score (nSPS) is 10.8. The first-order valence-corrected chi connectivity index (χ1v) is 7.07. The van der Waals surface area contributed by atoms with Gasteiger partial charge in [0.2, 0.25) is 0 Å². The van der Waals surface area contributed by atoms with Crippen LogP contribution in [0.4, 0.5) is 17.3 Å². The van der Waals surface area contributed by atoms with Crippen molar-refractivity contribution in [3.8, 4) is 0 Å². The third-order valence-electron chi connectivity index (χ3n) is 3.42. The summed E-state index contributed by atoms with van der Waals surface area (Å²) >= 11 is 0. The maximum Gasteiger partial charge on any atom is 0.180 e. The molecular weight excluding hydrogens is 262 g/mol. The Morgan fingerprint density at radius 3 is 2.95 bits per heavy atom. The molecule has 2 heterocycles. The Morgan fingerprint density at radius 1 is 1.33 bits per heavy atom. The zero-order valence-corrected chi connectivity index (χ0v) is 12.5. The molecule has 0 radical (unpaired) electrons. The maximum absolute atomic E-state index is 4.70. The fourth-order valence-corrected chi connectivity index (χ4v) is 2.37. The lowest BCUT2D eigenvalue weighted by Gasteiger charge is -2.20. The molecule has 3 rings (SSSR count). The molecule has 0 spiro atoms. The number of hydrogen-bond acceptors (Lipinski definition) is 4. The van der Waals surface area contributed by atoms with Gasteiger partial charge >= 0.3 is 0 Å². The molecule has 0 unspecified atom stereocenters. The number of anilines is 3. The molecule has 3 aromatic rings. The van der Waals surface area contributed by atoms with Gasteiger partial charge in [0.15, 0.2) is 11.5 Å². The minimum Gasteiger partial charge on any atom is -0.369 e. The fraction of sp³-hybridized carbons (Fsp3) is 0.250. The molecule has 5 nitrogen and oxygen atoms in total. The van der Waals surface area contributed by atoms with Crippen LogP contribution in [0.15, 0.2) is 42.9 Å². The summed E-state index contributed by atoms with van der Waals surface area (Å²) in [7, 11) is 2.02. The van der Waals surface area contributed by atoms with Crippen LogP contribution < -0.4 is 10.2 Å². The van der Waals surface area contributed by atoms with Crippen LogP contribution in [-0.2, 0) is 0 Å². The van der Waals surface area contributed by atoms with Gasteiger partial charge < -0.3 is 14.6 Å². The number of rotatable bonds is 4. The average molecular weight is 281 g/mol. The van der Waals surface area contributed by atoms with Gasteiger partial charge in [0.1, 0.15) is 5.82 Å². The van der Waals surface area contributed by atoms with Gasteiger partial charge in [-0.25, -0.2) is 9.97 Å². The predicted octanol–water partition coefficient (Wildman–Crippen LogP) is 3.24. The van der Waals surface area contributed by atoms with Crippen molar-refractivity contribution in [2.24, 2.45) is 0 Å². The molecule has 0 atom stereocenters. The quantitative estimate of drug-likeness (QED) is 0.797. The van der Waals surface area contributed by atoms with Crippen molar-refractivity contribution in [1.82, 2.24) is 14.4 Å². The second kappa shape index (κ2) is 5.44. The van der Waals surface area contributed by atoms with E-state index in [4.69, 9.17) is 4.98 Å². The fourth-order valence-electron chi connectivity index (χ4n) is 2.37. The smallest absolute Gasteiger partial charge is 0.180 e. The summed E-state index contributed by atoms with van der Waals surface area (Å²) in [6, 6.07) is 8.36. The summed E-state index contributed by atoms with van der Waals surface area (Å²) in [4.78, 5) is 11.2. The molecule has 108 valence electrons. The molecule has 0 aliphatic carbocycles. The second-order valence-corrected chi connectivity index (χ2v) is 5.04. The first-order valence-electron chi connectivity index (χ1n) is 7.07. The highest BCUT2D eigenvalue weighted by molar-refractivity contribution is 5.73. The van der Waals surface area contributed by atoms with Gasteiger partial charge in [-0.2, -0.15) is 0 Å². The van der Waals surface area contributed by atoms with Crippen molar-refractivity contribution in [3.05, 3.63) is 48.4 Å². The van der Waals surface area contributed by atoms with Crippen LogP contribution in [0.3, 0.4) is 0 Å². The van der Waals surface area contributed by atoms with E-state index < -0.39 is 0 Å². The number of imidazole rings is 1. The van der Waals surface area contributed by atoms with E-state index in [1.807, 2.05) is 23.8 Å². The SMILES string of the molecule is CCNc1cn2ccnc2c(N(C)c2cccc(C)c2)n1. The Kier molecular flexibility index (Phi) is 3.48. The standard InChI is InChI=1S/C16H19N5/c1-4-17-14-11-21-9-8-18-15(21)16(19-14)20(3)13-7-5-6-12(2)10-13/h5-11,17H,4H2,1-3H3. The van der Waals surface area contributed by atoms with Crippen molar-refractivity contribution < 1.29 is 0 Å². The van der Waals surface area contributed by atoms with Crippen LogP contribution >= 0.6 is 0 Å². The summed E-state index contributed by atoms with van der Waals surface area (Å²) in [5.74, 6) is 1.68. The van der Waals surface area contributed by atoms with Crippen molar-refractivity contribution in [1.29, 1.82) is 0 Å². The summed E-state index contributed by atoms with van der Waals surface area (Å²) in [6.45, 7) is 4.98. The van der Waals surface area contributed by atoms with E-state index in [0.29, 0.717) is 0 Å². The van der Waals surface area contributed by atoms with Gasteiger partial charge in [0.25, 0.3) is 0 Å². The Labute approximate surface area is 124 Å². The Balaban J connectivity index is 2.11. The first kappa shape index (κ1) is 13.4. The number of aromatic nitrogens is 3. The minimum absolute atomic E-state index is 0.834. The lowest BCUT2D eigenvalue weighted by atomic mass is 10.2. The maximum atomic E-state index is 4.70. The topological polar surface area (TPSA) is 45.5 Å². The van der Waals surface area contributed by atoms with Crippen LogP contribution in [0.2, 0.25) is 0 Å². The van der Waals surface area contributed by atoms with Crippen LogP contribution in [-0.4, -0.2) is 28.0 Å². The van der Waals surface area contributed by atoms with E-state index in [9.17, 15) is 0 Å². The average Bonchev–Trinajstić information content (AvgIpc) is 2.94. The summed E-state index contributed by atoms with van der Waals surface area (Å²) in [6.07, 6.45) is 5.69. The van der Waals surface area contributed by atoms with Gasteiger partial charge in [-0.15, -0.1) is 0 Å². The molecule has 0 fully saturated rings. The number of nitrogens with zero attached hydrogens (tertiary/aromatic N) is 4. The second-order valence-electron chi connectivity index (χ2n) is 5.04. The predicted molar refractivity (Wildman–Crippen MR) is 86.4 cm³/mol. The van der Waals surface area contributed by atoms with E-state index in [1.165, 1.54) is 5.56 Å². The van der Waals surface area contributed by atoms with Crippen LogP contribution in [0.1, 0.15) is 12.5 Å².